The molecule has 1 N–H and O–H groups in total. The maximum absolute atomic E-state index is 12.1. The molecule has 1 amide bonds. The number of hydrogen-bond donors (Lipinski definition) is 1. The van der Waals surface area contributed by atoms with Gasteiger partial charge in [0, 0.05) is 10.4 Å². The average Bonchev–Trinajstić information content (AvgIpc) is 2.78. The van der Waals surface area contributed by atoms with E-state index in [0.717, 1.165) is 35.7 Å². The zero-order valence-corrected chi connectivity index (χ0v) is 12.6. The van der Waals surface area contributed by atoms with Gasteiger partial charge in [-0.15, -0.1) is 11.6 Å². The van der Waals surface area contributed by atoms with Crippen LogP contribution < -0.4 is 5.32 Å². The minimum absolute atomic E-state index is 0.0654. The summed E-state index contributed by atoms with van der Waals surface area (Å²) in [6.07, 6.45) is 4.73. The second kappa shape index (κ2) is 6.07. The number of amides is 1. The lowest BCUT2D eigenvalue weighted by atomic mass is 9.99. The largest absolute Gasteiger partial charge is 0.349 e. The SMILES string of the molecule is O=C(Cc1cccc(Br)c1)NC1(CCl)CCCC1. The van der Waals surface area contributed by atoms with Crippen LogP contribution >= 0.6 is 27.5 Å². The van der Waals surface area contributed by atoms with Crippen LogP contribution in [-0.2, 0) is 11.2 Å². The van der Waals surface area contributed by atoms with Gasteiger partial charge in [-0.25, -0.2) is 0 Å². The van der Waals surface area contributed by atoms with Crippen molar-refractivity contribution in [3.8, 4) is 0 Å². The van der Waals surface area contributed by atoms with Gasteiger partial charge in [0.2, 0.25) is 5.91 Å². The van der Waals surface area contributed by atoms with Gasteiger partial charge in [-0.1, -0.05) is 40.9 Å². The molecule has 1 aliphatic rings. The van der Waals surface area contributed by atoms with Crippen LogP contribution in [0.25, 0.3) is 0 Å². The highest BCUT2D eigenvalue weighted by Crippen LogP contribution is 2.30. The first-order valence-corrected chi connectivity index (χ1v) is 7.58. The molecule has 0 spiro atoms. The van der Waals surface area contributed by atoms with Crippen LogP contribution in [0.3, 0.4) is 0 Å². The first-order valence-electron chi connectivity index (χ1n) is 6.25. The van der Waals surface area contributed by atoms with E-state index in [1.165, 1.54) is 0 Å². The first-order chi connectivity index (χ1) is 8.63. The van der Waals surface area contributed by atoms with Gasteiger partial charge in [0.05, 0.1) is 12.0 Å². The second-order valence-electron chi connectivity index (χ2n) is 4.98. The monoisotopic (exact) mass is 329 g/mol. The molecule has 0 radical (unpaired) electrons. The molecule has 0 bridgehead atoms. The van der Waals surface area contributed by atoms with E-state index >= 15 is 0 Å². The predicted octanol–water partition coefficient (Wildman–Crippen LogP) is 3.66. The highest BCUT2D eigenvalue weighted by molar-refractivity contribution is 9.10. The van der Waals surface area contributed by atoms with Crippen LogP contribution in [0.2, 0.25) is 0 Å². The molecule has 0 unspecified atom stereocenters. The van der Waals surface area contributed by atoms with E-state index in [2.05, 4.69) is 21.2 Å². The summed E-state index contributed by atoms with van der Waals surface area (Å²) in [5.41, 5.74) is 0.856. The summed E-state index contributed by atoms with van der Waals surface area (Å²) in [6, 6.07) is 7.84. The van der Waals surface area contributed by atoms with Crippen molar-refractivity contribution in [1.82, 2.24) is 5.32 Å². The third-order valence-corrected chi connectivity index (χ3v) is 4.48. The Hall–Kier alpha value is -0.540. The fourth-order valence-electron chi connectivity index (χ4n) is 2.52. The fourth-order valence-corrected chi connectivity index (χ4v) is 3.30. The number of alkyl halides is 1. The third kappa shape index (κ3) is 3.48. The molecule has 2 nitrogen and oxygen atoms in total. The Labute approximate surface area is 121 Å². The topological polar surface area (TPSA) is 29.1 Å². The normalized spacial score (nSPS) is 17.7. The lowest BCUT2D eigenvalue weighted by molar-refractivity contribution is -0.122. The number of halogens is 2. The van der Waals surface area contributed by atoms with E-state index in [9.17, 15) is 4.79 Å². The molecule has 0 saturated heterocycles. The van der Waals surface area contributed by atoms with Crippen LogP contribution in [0.15, 0.2) is 28.7 Å². The van der Waals surface area contributed by atoms with Gasteiger partial charge in [0.15, 0.2) is 0 Å². The lowest BCUT2D eigenvalue weighted by Crippen LogP contribution is -2.48. The summed E-state index contributed by atoms with van der Waals surface area (Å²) >= 11 is 9.43. The van der Waals surface area contributed by atoms with Crippen molar-refractivity contribution < 1.29 is 4.79 Å². The Morgan fingerprint density at radius 2 is 2.11 bits per heavy atom. The number of carbonyl (C=O) groups is 1. The highest BCUT2D eigenvalue weighted by atomic mass is 79.9. The molecule has 18 heavy (non-hydrogen) atoms. The van der Waals surface area contributed by atoms with Gasteiger partial charge in [-0.3, -0.25) is 4.79 Å². The number of hydrogen-bond acceptors (Lipinski definition) is 1. The Morgan fingerprint density at radius 1 is 1.39 bits per heavy atom. The average molecular weight is 331 g/mol. The Balaban J connectivity index is 1.96. The predicted molar refractivity (Wildman–Crippen MR) is 77.9 cm³/mol. The van der Waals surface area contributed by atoms with E-state index in [0.29, 0.717) is 12.3 Å². The molecular formula is C14H17BrClNO. The van der Waals surface area contributed by atoms with Crippen molar-refractivity contribution in [3.05, 3.63) is 34.3 Å². The van der Waals surface area contributed by atoms with Crippen molar-refractivity contribution in [1.29, 1.82) is 0 Å². The summed E-state index contributed by atoms with van der Waals surface area (Å²) in [5.74, 6) is 0.577. The maximum atomic E-state index is 12.1. The molecular weight excluding hydrogens is 314 g/mol. The van der Waals surface area contributed by atoms with Gasteiger partial charge < -0.3 is 5.32 Å². The summed E-state index contributed by atoms with van der Waals surface area (Å²) in [5, 5.41) is 3.12. The van der Waals surface area contributed by atoms with E-state index in [1.807, 2.05) is 24.3 Å². The van der Waals surface area contributed by atoms with Gasteiger partial charge >= 0.3 is 0 Å². The smallest absolute Gasteiger partial charge is 0.224 e. The Morgan fingerprint density at radius 3 is 2.72 bits per heavy atom. The number of nitrogens with one attached hydrogen (secondary N) is 1. The van der Waals surface area contributed by atoms with Crippen molar-refractivity contribution >= 4 is 33.4 Å². The number of benzene rings is 1. The lowest BCUT2D eigenvalue weighted by Gasteiger charge is -2.27. The fraction of sp³-hybridized carbons (Fsp3) is 0.500. The molecule has 0 aromatic heterocycles. The number of carbonyl (C=O) groups excluding carboxylic acids is 1. The minimum atomic E-state index is -0.162. The molecule has 98 valence electrons. The van der Waals surface area contributed by atoms with E-state index in [-0.39, 0.29) is 11.4 Å². The zero-order chi connectivity index (χ0) is 13.0. The van der Waals surface area contributed by atoms with Gasteiger partial charge in [-0.2, -0.15) is 0 Å². The Bertz CT molecular complexity index is 430. The van der Waals surface area contributed by atoms with Crippen molar-refractivity contribution in [2.75, 3.05) is 5.88 Å². The molecule has 1 saturated carbocycles. The zero-order valence-electron chi connectivity index (χ0n) is 10.2. The molecule has 0 heterocycles. The molecule has 0 atom stereocenters. The molecule has 1 aromatic carbocycles. The van der Waals surface area contributed by atoms with Gasteiger partial charge in [-0.05, 0) is 30.5 Å². The summed E-state index contributed by atoms with van der Waals surface area (Å²) in [7, 11) is 0. The van der Waals surface area contributed by atoms with Crippen LogP contribution in [0, 0.1) is 0 Å². The van der Waals surface area contributed by atoms with Crippen LogP contribution in [0.4, 0.5) is 0 Å². The molecule has 1 fully saturated rings. The molecule has 2 rings (SSSR count). The molecule has 4 heteroatoms. The second-order valence-corrected chi connectivity index (χ2v) is 6.16. The van der Waals surface area contributed by atoms with Gasteiger partial charge in [0.1, 0.15) is 0 Å². The van der Waals surface area contributed by atoms with Crippen LogP contribution in [0.5, 0.6) is 0 Å². The minimum Gasteiger partial charge on any atom is -0.349 e. The van der Waals surface area contributed by atoms with Crippen LogP contribution in [-0.4, -0.2) is 17.3 Å². The standard InChI is InChI=1S/C14H17BrClNO/c15-12-5-3-4-11(8-12)9-13(18)17-14(10-16)6-1-2-7-14/h3-5,8H,1-2,6-7,9-10H2,(H,17,18). The van der Waals surface area contributed by atoms with Gasteiger partial charge in [0.25, 0.3) is 0 Å². The first kappa shape index (κ1) is 13.9. The molecule has 1 aromatic rings. The van der Waals surface area contributed by atoms with E-state index < -0.39 is 0 Å². The summed E-state index contributed by atoms with van der Waals surface area (Å²) in [6.45, 7) is 0. The van der Waals surface area contributed by atoms with Crippen LogP contribution in [0.1, 0.15) is 31.2 Å². The number of rotatable bonds is 4. The van der Waals surface area contributed by atoms with Crippen molar-refractivity contribution in [2.24, 2.45) is 0 Å². The Kier molecular flexibility index (Phi) is 4.68. The molecule has 1 aliphatic carbocycles. The highest BCUT2D eigenvalue weighted by Gasteiger charge is 2.34. The maximum Gasteiger partial charge on any atom is 0.224 e. The van der Waals surface area contributed by atoms with Crippen molar-refractivity contribution in [2.45, 2.75) is 37.6 Å². The van der Waals surface area contributed by atoms with Crippen molar-refractivity contribution in [3.63, 3.8) is 0 Å². The van der Waals surface area contributed by atoms with E-state index in [1.54, 1.807) is 0 Å². The summed E-state index contributed by atoms with van der Waals surface area (Å²) < 4.78 is 1.00. The molecule has 0 aliphatic heterocycles. The third-order valence-electron chi connectivity index (χ3n) is 3.47. The quantitative estimate of drug-likeness (QED) is 0.839. The summed E-state index contributed by atoms with van der Waals surface area (Å²) in [4.78, 5) is 12.1. The van der Waals surface area contributed by atoms with E-state index in [4.69, 9.17) is 11.6 Å².